The molecule has 0 amide bonds. The van der Waals surface area contributed by atoms with E-state index in [2.05, 4.69) is 18.7 Å². The van der Waals surface area contributed by atoms with Crippen LogP contribution in [0.4, 0.5) is 0 Å². The molecule has 0 aromatic heterocycles. The number of piperidine rings is 1. The van der Waals surface area contributed by atoms with Crippen LogP contribution in [0.5, 0.6) is 0 Å². The summed E-state index contributed by atoms with van der Waals surface area (Å²) in [6, 6.07) is 0. The van der Waals surface area contributed by atoms with Crippen LogP contribution in [0.2, 0.25) is 0 Å². The molecule has 0 aromatic rings. The zero-order chi connectivity index (χ0) is 12.4. The van der Waals surface area contributed by atoms with Crippen LogP contribution >= 0.6 is 0 Å². The summed E-state index contributed by atoms with van der Waals surface area (Å²) < 4.78 is 5.98. The van der Waals surface area contributed by atoms with E-state index < -0.39 is 0 Å². The van der Waals surface area contributed by atoms with Gasteiger partial charge in [-0.3, -0.25) is 4.90 Å². The van der Waals surface area contributed by atoms with Crippen LogP contribution in [0.3, 0.4) is 0 Å². The summed E-state index contributed by atoms with van der Waals surface area (Å²) in [7, 11) is 0. The Balaban J connectivity index is 2.12. The molecule has 0 aliphatic carbocycles. The van der Waals surface area contributed by atoms with Gasteiger partial charge >= 0.3 is 0 Å². The van der Waals surface area contributed by atoms with Crippen LogP contribution < -0.4 is 5.73 Å². The first-order chi connectivity index (χ1) is 8.14. The van der Waals surface area contributed by atoms with Crippen LogP contribution in [0, 0.1) is 0 Å². The first-order valence-corrected chi connectivity index (χ1v) is 7.23. The van der Waals surface area contributed by atoms with Gasteiger partial charge < -0.3 is 10.5 Å². The molecule has 2 unspecified atom stereocenters. The quantitative estimate of drug-likeness (QED) is 0.821. The fraction of sp³-hybridized carbons (Fsp3) is 1.00. The highest BCUT2D eigenvalue weighted by atomic mass is 16.5. The van der Waals surface area contributed by atoms with Crippen molar-refractivity contribution in [1.29, 1.82) is 0 Å². The fourth-order valence-corrected chi connectivity index (χ4v) is 3.49. The van der Waals surface area contributed by atoms with E-state index in [1.165, 1.54) is 32.4 Å². The standard InChI is InChI=1S/C14H28N2O/c1-3-13(2)11-14(12-15,7-10-17-13)16-8-5-4-6-9-16/h3-12,15H2,1-2H3. The molecule has 17 heavy (non-hydrogen) atoms. The van der Waals surface area contributed by atoms with Gasteiger partial charge in [-0.05, 0) is 52.1 Å². The molecule has 3 nitrogen and oxygen atoms in total. The second-order valence-corrected chi connectivity index (χ2v) is 6.05. The van der Waals surface area contributed by atoms with E-state index in [4.69, 9.17) is 10.5 Å². The average molecular weight is 240 g/mol. The van der Waals surface area contributed by atoms with Gasteiger partial charge in [0.2, 0.25) is 0 Å². The van der Waals surface area contributed by atoms with Gasteiger partial charge in [-0.25, -0.2) is 0 Å². The molecule has 2 heterocycles. The van der Waals surface area contributed by atoms with Crippen molar-refractivity contribution in [3.05, 3.63) is 0 Å². The van der Waals surface area contributed by atoms with Crippen LogP contribution in [-0.2, 0) is 4.74 Å². The van der Waals surface area contributed by atoms with Crippen molar-refractivity contribution in [3.8, 4) is 0 Å². The number of hydrogen-bond donors (Lipinski definition) is 1. The molecule has 2 fully saturated rings. The third-order valence-corrected chi connectivity index (χ3v) is 4.88. The van der Waals surface area contributed by atoms with E-state index in [1.54, 1.807) is 0 Å². The predicted octanol–water partition coefficient (Wildman–Crippen LogP) is 2.15. The molecule has 2 rings (SSSR count). The molecule has 0 radical (unpaired) electrons. The number of nitrogens with zero attached hydrogens (tertiary/aromatic N) is 1. The highest BCUT2D eigenvalue weighted by Crippen LogP contribution is 2.38. The minimum Gasteiger partial charge on any atom is -0.375 e. The molecular weight excluding hydrogens is 212 g/mol. The summed E-state index contributed by atoms with van der Waals surface area (Å²) >= 11 is 0. The van der Waals surface area contributed by atoms with Crippen molar-refractivity contribution >= 4 is 0 Å². The first-order valence-electron chi connectivity index (χ1n) is 7.23. The van der Waals surface area contributed by atoms with Gasteiger partial charge in [0.15, 0.2) is 0 Å². The van der Waals surface area contributed by atoms with Crippen molar-refractivity contribution in [2.75, 3.05) is 26.2 Å². The lowest BCUT2D eigenvalue weighted by Gasteiger charge is -2.52. The maximum absolute atomic E-state index is 6.15. The SMILES string of the molecule is CCC1(C)CC(CN)(N2CCCCC2)CCO1. The number of hydrogen-bond acceptors (Lipinski definition) is 3. The molecule has 2 aliphatic heterocycles. The highest BCUT2D eigenvalue weighted by Gasteiger charge is 2.45. The maximum atomic E-state index is 6.15. The minimum absolute atomic E-state index is 0.0368. The van der Waals surface area contributed by atoms with E-state index in [-0.39, 0.29) is 11.1 Å². The van der Waals surface area contributed by atoms with Crippen molar-refractivity contribution in [2.24, 2.45) is 5.73 Å². The molecule has 0 spiro atoms. The molecule has 0 aromatic carbocycles. The van der Waals surface area contributed by atoms with Gasteiger partial charge in [0.1, 0.15) is 0 Å². The Morgan fingerprint density at radius 2 is 1.94 bits per heavy atom. The predicted molar refractivity (Wildman–Crippen MR) is 71.1 cm³/mol. The molecular formula is C14H28N2O. The number of nitrogens with two attached hydrogens (primary N) is 1. The van der Waals surface area contributed by atoms with Crippen molar-refractivity contribution in [3.63, 3.8) is 0 Å². The Bertz CT molecular complexity index is 253. The zero-order valence-corrected chi connectivity index (χ0v) is 11.5. The third-order valence-electron chi connectivity index (χ3n) is 4.88. The molecule has 0 bridgehead atoms. The summed E-state index contributed by atoms with van der Waals surface area (Å²) in [5, 5.41) is 0. The Morgan fingerprint density at radius 3 is 2.53 bits per heavy atom. The summed E-state index contributed by atoms with van der Waals surface area (Å²) in [6.45, 7) is 8.60. The smallest absolute Gasteiger partial charge is 0.0670 e. The van der Waals surface area contributed by atoms with Gasteiger partial charge in [-0.15, -0.1) is 0 Å². The molecule has 2 saturated heterocycles. The number of ether oxygens (including phenoxy) is 1. The van der Waals surface area contributed by atoms with Gasteiger partial charge in [-0.1, -0.05) is 13.3 Å². The number of likely N-dealkylation sites (tertiary alicyclic amines) is 1. The molecule has 100 valence electrons. The van der Waals surface area contributed by atoms with E-state index >= 15 is 0 Å². The normalized spacial score (nSPS) is 40.4. The minimum atomic E-state index is 0.0368. The topological polar surface area (TPSA) is 38.5 Å². The van der Waals surface area contributed by atoms with Gasteiger partial charge in [-0.2, -0.15) is 0 Å². The molecule has 0 saturated carbocycles. The highest BCUT2D eigenvalue weighted by molar-refractivity contribution is 5.01. The lowest BCUT2D eigenvalue weighted by molar-refractivity contribution is -0.131. The largest absolute Gasteiger partial charge is 0.375 e. The van der Waals surface area contributed by atoms with E-state index in [1.807, 2.05) is 0 Å². The third kappa shape index (κ3) is 2.67. The summed E-state index contributed by atoms with van der Waals surface area (Å²) in [6.07, 6.45) is 7.37. The van der Waals surface area contributed by atoms with Gasteiger partial charge in [0.25, 0.3) is 0 Å². The lowest BCUT2D eigenvalue weighted by Crippen LogP contribution is -2.62. The second-order valence-electron chi connectivity index (χ2n) is 6.05. The first kappa shape index (κ1) is 13.3. The monoisotopic (exact) mass is 240 g/mol. The van der Waals surface area contributed by atoms with Crippen LogP contribution in [0.1, 0.15) is 52.4 Å². The number of rotatable bonds is 3. The van der Waals surface area contributed by atoms with E-state index in [0.717, 1.165) is 32.4 Å². The van der Waals surface area contributed by atoms with Crippen LogP contribution in [-0.4, -0.2) is 42.3 Å². The zero-order valence-electron chi connectivity index (χ0n) is 11.5. The molecule has 2 atom stereocenters. The second kappa shape index (κ2) is 5.25. The van der Waals surface area contributed by atoms with Crippen molar-refractivity contribution < 1.29 is 4.74 Å². The molecule has 2 N–H and O–H groups in total. The summed E-state index contributed by atoms with van der Waals surface area (Å²) in [4.78, 5) is 2.66. The Morgan fingerprint density at radius 1 is 1.24 bits per heavy atom. The lowest BCUT2D eigenvalue weighted by atomic mass is 9.77. The van der Waals surface area contributed by atoms with E-state index in [9.17, 15) is 0 Å². The molecule has 3 heteroatoms. The fourth-order valence-electron chi connectivity index (χ4n) is 3.49. The Hall–Kier alpha value is -0.120. The molecule has 2 aliphatic rings. The Labute approximate surface area is 106 Å². The van der Waals surface area contributed by atoms with Gasteiger partial charge in [0, 0.05) is 18.7 Å². The van der Waals surface area contributed by atoms with E-state index in [0.29, 0.717) is 0 Å². The Kier molecular flexibility index (Phi) is 4.11. The summed E-state index contributed by atoms with van der Waals surface area (Å²) in [5.74, 6) is 0. The van der Waals surface area contributed by atoms with Gasteiger partial charge in [0.05, 0.1) is 5.60 Å². The van der Waals surface area contributed by atoms with Crippen LogP contribution in [0.25, 0.3) is 0 Å². The van der Waals surface area contributed by atoms with Crippen molar-refractivity contribution in [1.82, 2.24) is 4.90 Å². The van der Waals surface area contributed by atoms with Crippen molar-refractivity contribution in [2.45, 2.75) is 63.5 Å². The summed E-state index contributed by atoms with van der Waals surface area (Å²) in [5.41, 5.74) is 6.40. The maximum Gasteiger partial charge on any atom is 0.0670 e. The van der Waals surface area contributed by atoms with Crippen LogP contribution in [0.15, 0.2) is 0 Å². The average Bonchev–Trinajstić information content (AvgIpc) is 2.40.